The van der Waals surface area contributed by atoms with Gasteiger partial charge in [0.25, 0.3) is 0 Å². The van der Waals surface area contributed by atoms with Crippen molar-refractivity contribution in [3.8, 4) is 40.7 Å². The van der Waals surface area contributed by atoms with E-state index >= 15 is 0 Å². The second kappa shape index (κ2) is 11.7. The summed E-state index contributed by atoms with van der Waals surface area (Å²) in [6.45, 7) is 4.56. The average Bonchev–Trinajstić information content (AvgIpc) is 3.83. The molecule has 6 nitrogen and oxygen atoms in total. The van der Waals surface area contributed by atoms with Crippen molar-refractivity contribution in [2.75, 3.05) is 0 Å². The molecule has 0 amide bonds. The molecule has 7 heterocycles. The van der Waals surface area contributed by atoms with Crippen molar-refractivity contribution in [1.82, 2.24) is 27.5 Å². The Morgan fingerprint density at radius 2 is 1.00 bits per heavy atom. The Morgan fingerprint density at radius 3 is 1.46 bits per heavy atom. The first-order chi connectivity index (χ1) is 20.2. The zero-order chi connectivity index (χ0) is 27.8. The van der Waals surface area contributed by atoms with Gasteiger partial charge in [0.15, 0.2) is 0 Å². The number of pyridine rings is 2. The lowest BCUT2D eigenvalue weighted by molar-refractivity contribution is 0.764. The highest BCUT2D eigenvalue weighted by Gasteiger charge is 2.23. The minimum Gasteiger partial charge on any atom is -0.253 e. The molecule has 0 saturated heterocycles. The van der Waals surface area contributed by atoms with Crippen molar-refractivity contribution in [2.45, 2.75) is 52.4 Å². The topological polar surface area (TPSA) is 77.3 Å². The van der Waals surface area contributed by atoms with Crippen LogP contribution in [0.4, 0.5) is 0 Å². The summed E-state index contributed by atoms with van der Waals surface area (Å²) in [7, 11) is 0. The summed E-state index contributed by atoms with van der Waals surface area (Å²) in [4.78, 5) is 17.1. The zero-order valence-corrected chi connectivity index (χ0v) is 26.7. The summed E-state index contributed by atoms with van der Waals surface area (Å²) in [5.74, 6) is 0. The van der Waals surface area contributed by atoms with Gasteiger partial charge in [-0.3, -0.25) is 9.97 Å². The zero-order valence-electron chi connectivity index (χ0n) is 22.6. The van der Waals surface area contributed by atoms with Crippen molar-refractivity contribution < 1.29 is 0 Å². The molecule has 7 aromatic heterocycles. The van der Waals surface area contributed by atoms with Gasteiger partial charge in [-0.2, -0.15) is 17.5 Å². The van der Waals surface area contributed by atoms with Crippen LogP contribution in [0.15, 0.2) is 48.8 Å². The molecule has 0 spiro atoms. The second-order valence-corrected chi connectivity index (χ2v) is 14.1. The molecule has 0 aliphatic rings. The molecule has 0 aliphatic heterocycles. The number of unbranched alkanes of at least 4 members (excludes halogenated alkanes) is 2. The lowest BCUT2D eigenvalue weighted by Gasteiger charge is -2.08. The molecule has 0 N–H and O–H groups in total. The fourth-order valence-electron chi connectivity index (χ4n) is 5.09. The summed E-state index contributed by atoms with van der Waals surface area (Å²) in [6, 6.07) is 12.8. The minimum absolute atomic E-state index is 0.887. The Morgan fingerprint density at radius 1 is 0.537 bits per heavy atom. The highest BCUT2D eigenvalue weighted by Crippen LogP contribution is 2.49. The molecule has 0 radical (unpaired) electrons. The molecule has 11 heteroatoms. The monoisotopic (exact) mass is 630 g/mol. The van der Waals surface area contributed by atoms with Crippen LogP contribution in [0.2, 0.25) is 0 Å². The third-order valence-corrected chi connectivity index (χ3v) is 12.1. The first-order valence-electron chi connectivity index (χ1n) is 13.7. The summed E-state index contributed by atoms with van der Waals surface area (Å²) in [6.07, 6.45) is 10.6. The van der Waals surface area contributed by atoms with Crippen LogP contribution in [-0.2, 0) is 12.8 Å². The molecular weight excluding hydrogens is 605 g/mol. The Balaban J connectivity index is 1.34. The van der Waals surface area contributed by atoms with Crippen LogP contribution in [0.5, 0.6) is 0 Å². The van der Waals surface area contributed by atoms with Gasteiger partial charge < -0.3 is 0 Å². The number of fused-ring (bicyclic) bond motifs is 2. The van der Waals surface area contributed by atoms with E-state index in [9.17, 15) is 0 Å². The molecule has 0 aromatic carbocycles. The number of hydrogen-bond acceptors (Lipinski definition) is 11. The summed E-state index contributed by atoms with van der Waals surface area (Å²) >= 11 is 8.07. The predicted octanol–water partition coefficient (Wildman–Crippen LogP) is 10.0. The van der Waals surface area contributed by atoms with Gasteiger partial charge in [-0.15, -0.1) is 34.0 Å². The smallest absolute Gasteiger partial charge is 0.131 e. The van der Waals surface area contributed by atoms with Gasteiger partial charge >= 0.3 is 0 Å². The van der Waals surface area contributed by atoms with Crippen LogP contribution in [0.1, 0.15) is 50.7 Å². The summed E-state index contributed by atoms with van der Waals surface area (Å²) < 4.78 is 17.9. The maximum absolute atomic E-state index is 4.69. The maximum atomic E-state index is 4.69. The Bertz CT molecular complexity index is 1820. The average molecular weight is 631 g/mol. The van der Waals surface area contributed by atoms with Gasteiger partial charge in [0, 0.05) is 31.9 Å². The molecular formula is C30H26N6S5. The van der Waals surface area contributed by atoms with Crippen LogP contribution in [0.3, 0.4) is 0 Å². The van der Waals surface area contributed by atoms with Crippen LogP contribution in [-0.4, -0.2) is 27.5 Å². The number of rotatable bonds is 10. The molecule has 7 aromatic rings. The van der Waals surface area contributed by atoms with Gasteiger partial charge in [0.05, 0.1) is 33.2 Å². The fourth-order valence-corrected chi connectivity index (χ4v) is 9.85. The maximum Gasteiger partial charge on any atom is 0.131 e. The van der Waals surface area contributed by atoms with Gasteiger partial charge in [0.2, 0.25) is 0 Å². The molecule has 0 fully saturated rings. The quantitative estimate of drug-likeness (QED) is 0.150. The number of thiophene rings is 3. The molecule has 7 rings (SSSR count). The largest absolute Gasteiger partial charge is 0.253 e. The second-order valence-electron chi connectivity index (χ2n) is 9.84. The third kappa shape index (κ3) is 5.03. The van der Waals surface area contributed by atoms with Gasteiger partial charge in [0.1, 0.15) is 33.5 Å². The lowest BCUT2D eigenvalue weighted by atomic mass is 9.97. The molecule has 0 aliphatic carbocycles. The van der Waals surface area contributed by atoms with E-state index in [1.165, 1.54) is 79.8 Å². The van der Waals surface area contributed by atoms with E-state index < -0.39 is 0 Å². The van der Waals surface area contributed by atoms with E-state index in [4.69, 9.17) is 9.97 Å². The number of nitrogens with zero attached hydrogens (tertiary/aromatic N) is 6. The van der Waals surface area contributed by atoms with Crippen molar-refractivity contribution in [3.05, 3.63) is 59.9 Å². The van der Waals surface area contributed by atoms with Crippen LogP contribution in [0, 0.1) is 0 Å². The number of hydrogen-bond donors (Lipinski definition) is 0. The van der Waals surface area contributed by atoms with Crippen molar-refractivity contribution >= 4 is 79.5 Å². The first-order valence-corrected chi connectivity index (χ1v) is 17.7. The molecule has 0 saturated carbocycles. The summed E-state index contributed by atoms with van der Waals surface area (Å²) in [5.41, 5.74) is 8.48. The van der Waals surface area contributed by atoms with E-state index in [2.05, 4.69) is 55.6 Å². The van der Waals surface area contributed by atoms with E-state index in [0.29, 0.717) is 0 Å². The van der Waals surface area contributed by atoms with Crippen LogP contribution >= 0.6 is 57.5 Å². The van der Waals surface area contributed by atoms with Crippen LogP contribution < -0.4 is 0 Å². The first kappa shape index (κ1) is 26.9. The Labute approximate surface area is 258 Å². The highest BCUT2D eigenvalue weighted by molar-refractivity contribution is 7.28. The third-order valence-electron chi connectivity index (χ3n) is 7.15. The minimum atomic E-state index is 0.887. The lowest BCUT2D eigenvalue weighted by Crippen LogP contribution is -1.94. The Hall–Kier alpha value is -2.96. The molecule has 206 valence electrons. The van der Waals surface area contributed by atoms with Crippen molar-refractivity contribution in [1.29, 1.82) is 0 Å². The number of aromatic nitrogens is 6. The van der Waals surface area contributed by atoms with E-state index in [-0.39, 0.29) is 0 Å². The molecule has 0 atom stereocenters. The fraction of sp³-hybridized carbons (Fsp3) is 0.267. The van der Waals surface area contributed by atoms with E-state index in [1.54, 1.807) is 0 Å². The summed E-state index contributed by atoms with van der Waals surface area (Å²) in [5, 5.41) is 0. The van der Waals surface area contributed by atoms with Gasteiger partial charge in [-0.25, -0.2) is 0 Å². The molecule has 0 unspecified atom stereocenters. The highest BCUT2D eigenvalue weighted by atomic mass is 32.1. The van der Waals surface area contributed by atoms with Crippen molar-refractivity contribution in [3.63, 3.8) is 0 Å². The van der Waals surface area contributed by atoms with Gasteiger partial charge in [-0.05, 0) is 73.2 Å². The Kier molecular flexibility index (Phi) is 7.70. The van der Waals surface area contributed by atoms with Crippen molar-refractivity contribution in [2.24, 2.45) is 0 Å². The van der Waals surface area contributed by atoms with Crippen LogP contribution in [0.25, 0.3) is 62.7 Å². The van der Waals surface area contributed by atoms with E-state index in [0.717, 1.165) is 56.1 Å². The van der Waals surface area contributed by atoms with Gasteiger partial charge in [-0.1, -0.05) is 26.7 Å². The standard InChI is InChI=1S/C30H26N6S5/c1-3-5-7-17-18(8-6-4-2)30(24-12-10-22(38-24)28-26-20(14-16-32-28)34-41-36-26)39-29(17)23-11-9-21(37-23)27-25-19(13-15-31-27)33-40-35-25/h9-16H,3-8H2,1-2H3. The van der Waals surface area contributed by atoms with E-state index in [1.807, 2.05) is 58.5 Å². The molecule has 41 heavy (non-hydrogen) atoms. The SMILES string of the molecule is CCCCc1c(-c2ccc(-c3nccc4nsnc34)s2)sc(-c2ccc(-c3nccc4nsnc34)s2)c1CCCC. The molecule has 0 bridgehead atoms. The normalized spacial score (nSPS) is 11.8. The predicted molar refractivity (Wildman–Crippen MR) is 177 cm³/mol.